The number of nitrogens with one attached hydrogen (secondary N) is 1. The van der Waals surface area contributed by atoms with Gasteiger partial charge in [-0.3, -0.25) is 9.79 Å². The van der Waals surface area contributed by atoms with Crippen molar-refractivity contribution in [2.24, 2.45) is 16.6 Å². The predicted molar refractivity (Wildman–Crippen MR) is 103 cm³/mol. The van der Waals surface area contributed by atoms with Crippen molar-refractivity contribution in [3.05, 3.63) is 34.9 Å². The Morgan fingerprint density at radius 2 is 2.18 bits per heavy atom. The number of amidine groups is 1. The van der Waals surface area contributed by atoms with E-state index in [0.717, 1.165) is 18.9 Å². The first kappa shape index (κ1) is 19.9. The molecule has 0 aromatic heterocycles. The second kappa shape index (κ2) is 7.67. The number of rotatable bonds is 5. The Balaban J connectivity index is 1.98. The molecule has 3 rings (SSSR count). The van der Waals surface area contributed by atoms with E-state index < -0.39 is 23.2 Å². The van der Waals surface area contributed by atoms with Crippen molar-refractivity contribution in [3.8, 4) is 0 Å². The lowest BCUT2D eigenvalue weighted by atomic mass is 9.97. The number of halogens is 1. The molecule has 1 atom stereocenters. The van der Waals surface area contributed by atoms with Gasteiger partial charge in [0, 0.05) is 49.7 Å². The lowest BCUT2D eigenvalue weighted by Gasteiger charge is -2.28. The molecular formula is C19H24FN5O3. The van der Waals surface area contributed by atoms with Gasteiger partial charge in [-0.1, -0.05) is 0 Å². The van der Waals surface area contributed by atoms with Crippen LogP contribution >= 0.6 is 0 Å². The highest BCUT2D eigenvalue weighted by Gasteiger charge is 2.39. The Morgan fingerprint density at radius 3 is 2.68 bits per heavy atom. The highest BCUT2D eigenvalue weighted by molar-refractivity contribution is 6.36. The molecule has 2 aliphatic heterocycles. The molecule has 1 saturated heterocycles. The van der Waals surface area contributed by atoms with Gasteiger partial charge >= 0.3 is 5.97 Å². The maximum atomic E-state index is 15.0. The molecule has 0 amide bonds. The third-order valence-corrected chi connectivity index (χ3v) is 5.30. The molecule has 0 aromatic carbocycles. The summed E-state index contributed by atoms with van der Waals surface area (Å²) in [6.07, 6.45) is 4.07. The number of aliphatic carboxylic acids is 1. The van der Waals surface area contributed by atoms with E-state index in [0.29, 0.717) is 18.8 Å². The first-order chi connectivity index (χ1) is 13.3. The summed E-state index contributed by atoms with van der Waals surface area (Å²) in [5, 5.41) is 17.3. The molecule has 28 heavy (non-hydrogen) atoms. The number of Topliss-reactive ketones (excluding diaryl/α,β-unsaturated/α-hetero) is 1. The van der Waals surface area contributed by atoms with E-state index in [2.05, 4.69) is 4.99 Å². The van der Waals surface area contributed by atoms with Crippen LogP contribution in [0.25, 0.3) is 0 Å². The minimum Gasteiger partial charge on any atom is -0.477 e. The molecular weight excluding hydrogens is 365 g/mol. The Hall–Kier alpha value is -2.81. The summed E-state index contributed by atoms with van der Waals surface area (Å²) in [6.45, 7) is 2.61. The van der Waals surface area contributed by atoms with Crippen LogP contribution in [-0.4, -0.2) is 70.9 Å². The van der Waals surface area contributed by atoms with Crippen molar-refractivity contribution in [1.82, 2.24) is 9.80 Å². The van der Waals surface area contributed by atoms with Crippen molar-refractivity contribution in [3.63, 3.8) is 0 Å². The van der Waals surface area contributed by atoms with E-state index in [4.69, 9.17) is 11.1 Å². The van der Waals surface area contributed by atoms with Crippen molar-refractivity contribution < 1.29 is 19.1 Å². The molecule has 1 aliphatic carbocycles. The van der Waals surface area contributed by atoms with Gasteiger partial charge in [-0.05, 0) is 25.8 Å². The van der Waals surface area contributed by atoms with E-state index >= 15 is 4.39 Å². The second-order valence-corrected chi connectivity index (χ2v) is 7.19. The summed E-state index contributed by atoms with van der Waals surface area (Å²) < 4.78 is 15.0. The van der Waals surface area contributed by atoms with Gasteiger partial charge in [-0.25, -0.2) is 9.18 Å². The number of likely N-dealkylation sites (tertiary alicyclic amines) is 1. The van der Waals surface area contributed by atoms with Crippen LogP contribution in [0.5, 0.6) is 0 Å². The highest BCUT2D eigenvalue weighted by atomic mass is 19.1. The van der Waals surface area contributed by atoms with E-state index in [1.54, 1.807) is 16.7 Å². The van der Waals surface area contributed by atoms with Gasteiger partial charge in [0.2, 0.25) is 5.78 Å². The van der Waals surface area contributed by atoms with Crippen molar-refractivity contribution in [2.75, 3.05) is 26.7 Å². The molecule has 0 radical (unpaired) electrons. The van der Waals surface area contributed by atoms with Gasteiger partial charge in [-0.15, -0.1) is 0 Å². The monoisotopic (exact) mass is 389 g/mol. The molecule has 2 fully saturated rings. The van der Waals surface area contributed by atoms with Crippen LogP contribution in [0, 0.1) is 11.3 Å². The molecule has 0 aromatic rings. The first-order valence-electron chi connectivity index (χ1n) is 9.14. The Bertz CT molecular complexity index is 854. The summed E-state index contributed by atoms with van der Waals surface area (Å²) in [4.78, 5) is 31.6. The molecule has 1 unspecified atom stereocenters. The Kier molecular flexibility index (Phi) is 5.46. The number of carboxylic acids is 1. The minimum absolute atomic E-state index is 0.0713. The average molecular weight is 389 g/mol. The molecule has 150 valence electrons. The minimum atomic E-state index is -1.35. The fraction of sp³-hybridized carbons (Fsp3) is 0.474. The van der Waals surface area contributed by atoms with Gasteiger partial charge in [0.15, 0.2) is 0 Å². The van der Waals surface area contributed by atoms with Gasteiger partial charge in [-0.2, -0.15) is 0 Å². The fourth-order valence-corrected chi connectivity index (χ4v) is 3.42. The summed E-state index contributed by atoms with van der Waals surface area (Å²) in [5.41, 5.74) is 5.89. The SMILES string of the molecule is C\N=C1/C(=C\C(F)=C(/C)N2CC(=N)C(CN)C2)C(=O)C(C(=O)O)=CN1C1CC1. The molecule has 4 N–H and O–H groups in total. The largest absolute Gasteiger partial charge is 0.477 e. The van der Waals surface area contributed by atoms with E-state index in [1.807, 2.05) is 0 Å². The zero-order chi connectivity index (χ0) is 20.6. The first-order valence-corrected chi connectivity index (χ1v) is 9.14. The lowest BCUT2D eigenvalue weighted by Crippen LogP contribution is -2.39. The molecule has 8 nitrogen and oxygen atoms in total. The van der Waals surface area contributed by atoms with Gasteiger partial charge in [0.05, 0.1) is 12.1 Å². The maximum absolute atomic E-state index is 15.0. The number of aliphatic imine (C=N–C) groups is 1. The molecule has 0 bridgehead atoms. The number of nitrogens with zero attached hydrogens (tertiary/aromatic N) is 3. The average Bonchev–Trinajstić information content (AvgIpc) is 3.43. The summed E-state index contributed by atoms with van der Waals surface area (Å²) in [7, 11) is 1.49. The topological polar surface area (TPSA) is 123 Å². The van der Waals surface area contributed by atoms with Crippen LogP contribution in [-0.2, 0) is 9.59 Å². The quantitative estimate of drug-likeness (QED) is 0.477. The van der Waals surface area contributed by atoms with Gasteiger partial charge < -0.3 is 26.0 Å². The number of nitrogens with two attached hydrogens (primary N) is 1. The zero-order valence-corrected chi connectivity index (χ0v) is 15.9. The number of carbonyl (C=O) groups is 2. The van der Waals surface area contributed by atoms with Gasteiger partial charge in [0.1, 0.15) is 17.2 Å². The number of hydrogen-bond acceptors (Lipinski definition) is 6. The molecule has 9 heteroatoms. The normalized spacial score (nSPS) is 26.9. The fourth-order valence-electron chi connectivity index (χ4n) is 3.42. The Morgan fingerprint density at radius 1 is 1.50 bits per heavy atom. The van der Waals surface area contributed by atoms with E-state index in [9.17, 15) is 14.7 Å². The standard InChI is InChI=1S/C19H24FN5O3/c1-10(24-7-11(6-21)16(22)9-24)15(20)5-13-17(26)14(19(27)28)8-25(12-3-4-12)18(13)23-2/h5,8,11-12,22H,3-4,6-7,9,21H2,1-2H3,(H,27,28)/b13-5-,15-10-,22-16?,23-18+. The van der Waals surface area contributed by atoms with Crippen molar-refractivity contribution in [2.45, 2.75) is 25.8 Å². The highest BCUT2D eigenvalue weighted by Crippen LogP contribution is 2.33. The van der Waals surface area contributed by atoms with Crippen LogP contribution in [0.15, 0.2) is 39.9 Å². The summed E-state index contributed by atoms with van der Waals surface area (Å²) in [6, 6.07) is 0.0713. The molecule has 1 saturated carbocycles. The van der Waals surface area contributed by atoms with Crippen LogP contribution in [0.1, 0.15) is 19.8 Å². The molecule has 2 heterocycles. The van der Waals surface area contributed by atoms with E-state index in [1.165, 1.54) is 13.2 Å². The number of hydrogen-bond donors (Lipinski definition) is 3. The van der Waals surface area contributed by atoms with E-state index in [-0.39, 0.29) is 35.6 Å². The molecule has 0 spiro atoms. The van der Waals surface area contributed by atoms with Gasteiger partial charge in [0.25, 0.3) is 0 Å². The second-order valence-electron chi connectivity index (χ2n) is 7.19. The summed E-state index contributed by atoms with van der Waals surface area (Å²) in [5.74, 6) is -2.61. The van der Waals surface area contributed by atoms with Crippen molar-refractivity contribution >= 4 is 23.3 Å². The third kappa shape index (κ3) is 3.62. The number of ketones is 1. The van der Waals surface area contributed by atoms with Crippen LogP contribution in [0.2, 0.25) is 0 Å². The maximum Gasteiger partial charge on any atom is 0.341 e. The van der Waals surface area contributed by atoms with Crippen LogP contribution in [0.4, 0.5) is 4.39 Å². The molecule has 3 aliphatic rings. The van der Waals surface area contributed by atoms with Crippen LogP contribution < -0.4 is 5.73 Å². The summed E-state index contributed by atoms with van der Waals surface area (Å²) >= 11 is 0. The number of allylic oxidation sites excluding steroid dienone is 3. The lowest BCUT2D eigenvalue weighted by molar-refractivity contribution is -0.134. The Labute approximate surface area is 162 Å². The number of carboxylic acid groups (broad SMARTS) is 1. The predicted octanol–water partition coefficient (Wildman–Crippen LogP) is 1.07. The van der Waals surface area contributed by atoms with Crippen molar-refractivity contribution in [1.29, 1.82) is 5.41 Å². The smallest absolute Gasteiger partial charge is 0.341 e. The number of carbonyl (C=O) groups excluding carboxylic acids is 1. The zero-order valence-electron chi connectivity index (χ0n) is 15.9. The van der Waals surface area contributed by atoms with Crippen LogP contribution in [0.3, 0.4) is 0 Å². The third-order valence-electron chi connectivity index (χ3n) is 5.30.